The Kier molecular flexibility index (Phi) is 6.46. The number of nitrogens with one attached hydrogen (secondary N) is 2. The topological polar surface area (TPSA) is 78.0 Å². The summed E-state index contributed by atoms with van der Waals surface area (Å²) < 4.78 is 31.7. The van der Waals surface area contributed by atoms with E-state index in [1.54, 1.807) is 6.33 Å². The highest BCUT2D eigenvalue weighted by atomic mass is 19.4. The SMILES string of the molecule is O=C(O)C(F)(F)F.c1ccc2c(c1)CC(NCc1ccc(-c3ccc4nc[nH]c4c3)cc1)C2. The molecule has 4 aromatic rings. The summed E-state index contributed by atoms with van der Waals surface area (Å²) in [6.45, 7) is 0.915. The Hall–Kier alpha value is -3.65. The molecule has 0 radical (unpaired) electrons. The number of nitrogens with zero attached hydrogens (tertiary/aromatic N) is 1. The molecule has 5 nitrogen and oxygen atoms in total. The molecule has 1 aliphatic carbocycles. The number of imidazole rings is 1. The van der Waals surface area contributed by atoms with Gasteiger partial charge in [-0.2, -0.15) is 13.2 Å². The first-order chi connectivity index (χ1) is 15.8. The lowest BCUT2D eigenvalue weighted by Crippen LogP contribution is -2.28. The number of alkyl halides is 3. The van der Waals surface area contributed by atoms with Crippen molar-refractivity contribution >= 4 is 17.0 Å². The Morgan fingerprint density at radius 2 is 1.61 bits per heavy atom. The van der Waals surface area contributed by atoms with Gasteiger partial charge in [0.05, 0.1) is 17.4 Å². The van der Waals surface area contributed by atoms with Crippen LogP contribution in [-0.4, -0.2) is 33.3 Å². The summed E-state index contributed by atoms with van der Waals surface area (Å²) in [4.78, 5) is 16.4. The van der Waals surface area contributed by atoms with Crippen LogP contribution in [0.2, 0.25) is 0 Å². The van der Waals surface area contributed by atoms with Crippen LogP contribution < -0.4 is 5.32 Å². The zero-order chi connectivity index (χ0) is 23.4. The van der Waals surface area contributed by atoms with E-state index in [0.717, 1.165) is 30.4 Å². The fourth-order valence-corrected chi connectivity index (χ4v) is 3.90. The second-order valence-electron chi connectivity index (χ2n) is 7.89. The van der Waals surface area contributed by atoms with E-state index in [2.05, 4.69) is 82.0 Å². The number of rotatable bonds is 4. The number of hydrogen-bond donors (Lipinski definition) is 3. The molecule has 0 unspecified atom stereocenters. The lowest BCUT2D eigenvalue weighted by atomic mass is 10.0. The van der Waals surface area contributed by atoms with Crippen LogP contribution >= 0.6 is 0 Å². The quantitative estimate of drug-likeness (QED) is 0.401. The molecule has 0 bridgehead atoms. The summed E-state index contributed by atoms with van der Waals surface area (Å²) in [6, 6.07) is 24.5. The number of halogens is 3. The van der Waals surface area contributed by atoms with E-state index in [9.17, 15) is 13.2 Å². The molecule has 0 fully saturated rings. The Morgan fingerprint density at radius 1 is 1.00 bits per heavy atom. The summed E-state index contributed by atoms with van der Waals surface area (Å²) in [5.41, 5.74) is 8.85. The van der Waals surface area contributed by atoms with Gasteiger partial charge in [0.2, 0.25) is 0 Å². The molecule has 0 amide bonds. The van der Waals surface area contributed by atoms with Crippen LogP contribution in [0.25, 0.3) is 22.2 Å². The van der Waals surface area contributed by atoms with Crippen molar-refractivity contribution in [2.24, 2.45) is 0 Å². The van der Waals surface area contributed by atoms with Gasteiger partial charge in [-0.15, -0.1) is 0 Å². The van der Waals surface area contributed by atoms with Gasteiger partial charge in [0.1, 0.15) is 0 Å². The number of hydrogen-bond acceptors (Lipinski definition) is 3. The molecule has 0 spiro atoms. The Bertz CT molecular complexity index is 1220. The highest BCUT2D eigenvalue weighted by molar-refractivity contribution is 5.81. The third-order valence-corrected chi connectivity index (χ3v) is 5.60. The van der Waals surface area contributed by atoms with Crippen molar-refractivity contribution in [2.45, 2.75) is 31.6 Å². The molecule has 3 aromatic carbocycles. The Balaban J connectivity index is 0.000000325. The van der Waals surface area contributed by atoms with Gasteiger partial charge >= 0.3 is 12.1 Å². The van der Waals surface area contributed by atoms with Crippen LogP contribution in [0.15, 0.2) is 73.1 Å². The van der Waals surface area contributed by atoms with Crippen molar-refractivity contribution in [1.82, 2.24) is 15.3 Å². The molecule has 3 N–H and O–H groups in total. The van der Waals surface area contributed by atoms with E-state index < -0.39 is 12.1 Å². The first kappa shape index (κ1) is 22.5. The van der Waals surface area contributed by atoms with Gasteiger partial charge in [0.15, 0.2) is 0 Å². The van der Waals surface area contributed by atoms with Crippen molar-refractivity contribution < 1.29 is 23.1 Å². The van der Waals surface area contributed by atoms with E-state index in [0.29, 0.717) is 6.04 Å². The number of aromatic nitrogens is 2. The zero-order valence-electron chi connectivity index (χ0n) is 17.6. The minimum Gasteiger partial charge on any atom is -0.475 e. The maximum atomic E-state index is 10.6. The summed E-state index contributed by atoms with van der Waals surface area (Å²) in [5.74, 6) is -2.76. The molecule has 5 rings (SSSR count). The molecule has 1 aliphatic rings. The van der Waals surface area contributed by atoms with Crippen molar-refractivity contribution in [3.63, 3.8) is 0 Å². The van der Waals surface area contributed by atoms with Gasteiger partial charge in [-0.25, -0.2) is 9.78 Å². The monoisotopic (exact) mass is 453 g/mol. The van der Waals surface area contributed by atoms with E-state index in [4.69, 9.17) is 9.90 Å². The predicted molar refractivity (Wildman–Crippen MR) is 120 cm³/mol. The number of aromatic amines is 1. The van der Waals surface area contributed by atoms with E-state index in [1.165, 1.54) is 27.8 Å². The molecule has 8 heteroatoms. The minimum atomic E-state index is -5.08. The molecule has 0 aliphatic heterocycles. The van der Waals surface area contributed by atoms with Gasteiger partial charge in [0.25, 0.3) is 0 Å². The number of aliphatic carboxylic acids is 1. The largest absolute Gasteiger partial charge is 0.490 e. The normalized spacial score (nSPS) is 13.4. The highest BCUT2D eigenvalue weighted by Gasteiger charge is 2.38. The summed E-state index contributed by atoms with van der Waals surface area (Å²) in [7, 11) is 0. The van der Waals surface area contributed by atoms with Crippen molar-refractivity contribution in [3.8, 4) is 11.1 Å². The van der Waals surface area contributed by atoms with Crippen LogP contribution in [-0.2, 0) is 24.2 Å². The van der Waals surface area contributed by atoms with Gasteiger partial charge in [-0.1, -0.05) is 54.6 Å². The zero-order valence-corrected chi connectivity index (χ0v) is 17.6. The van der Waals surface area contributed by atoms with Crippen LogP contribution in [0.3, 0.4) is 0 Å². The molecular formula is C25H22F3N3O2. The van der Waals surface area contributed by atoms with Gasteiger partial charge in [0, 0.05) is 12.6 Å². The first-order valence-corrected chi connectivity index (χ1v) is 10.4. The molecule has 1 heterocycles. The highest BCUT2D eigenvalue weighted by Crippen LogP contribution is 2.24. The number of carboxylic acid groups (broad SMARTS) is 1. The summed E-state index contributed by atoms with van der Waals surface area (Å²) in [5, 5.41) is 10.8. The molecule has 0 saturated heterocycles. The summed E-state index contributed by atoms with van der Waals surface area (Å²) in [6.07, 6.45) is -1.07. The fraction of sp³-hybridized carbons (Fsp3) is 0.200. The number of benzene rings is 3. The van der Waals surface area contributed by atoms with Crippen LogP contribution in [0.1, 0.15) is 16.7 Å². The third kappa shape index (κ3) is 5.59. The second-order valence-corrected chi connectivity index (χ2v) is 7.89. The fourth-order valence-electron chi connectivity index (χ4n) is 3.90. The number of carboxylic acids is 1. The maximum Gasteiger partial charge on any atom is 0.490 e. The van der Waals surface area contributed by atoms with E-state index in [-0.39, 0.29) is 0 Å². The number of H-pyrrole nitrogens is 1. The molecule has 33 heavy (non-hydrogen) atoms. The van der Waals surface area contributed by atoms with Crippen LogP contribution in [0.5, 0.6) is 0 Å². The van der Waals surface area contributed by atoms with Crippen LogP contribution in [0, 0.1) is 0 Å². The average Bonchev–Trinajstić information content (AvgIpc) is 3.43. The number of carbonyl (C=O) groups is 1. The van der Waals surface area contributed by atoms with Crippen LogP contribution in [0.4, 0.5) is 13.2 Å². The van der Waals surface area contributed by atoms with Crippen molar-refractivity contribution in [3.05, 3.63) is 89.7 Å². The van der Waals surface area contributed by atoms with Gasteiger partial charge in [-0.05, 0) is 52.8 Å². The lowest BCUT2D eigenvalue weighted by Gasteiger charge is -2.12. The van der Waals surface area contributed by atoms with Crippen molar-refractivity contribution in [1.29, 1.82) is 0 Å². The minimum absolute atomic E-state index is 0.551. The molecule has 170 valence electrons. The van der Waals surface area contributed by atoms with Gasteiger partial charge < -0.3 is 15.4 Å². The van der Waals surface area contributed by atoms with Crippen molar-refractivity contribution in [2.75, 3.05) is 0 Å². The molecule has 0 atom stereocenters. The number of fused-ring (bicyclic) bond motifs is 2. The third-order valence-electron chi connectivity index (χ3n) is 5.60. The average molecular weight is 453 g/mol. The first-order valence-electron chi connectivity index (χ1n) is 10.4. The second kappa shape index (κ2) is 9.46. The Labute approximate surface area is 188 Å². The smallest absolute Gasteiger partial charge is 0.475 e. The predicted octanol–water partition coefficient (Wildman–Crippen LogP) is 5.12. The molecule has 0 saturated carbocycles. The van der Waals surface area contributed by atoms with Gasteiger partial charge in [-0.3, -0.25) is 0 Å². The van der Waals surface area contributed by atoms with E-state index in [1.807, 2.05) is 0 Å². The van der Waals surface area contributed by atoms with E-state index >= 15 is 0 Å². The molecule has 1 aromatic heterocycles. The summed E-state index contributed by atoms with van der Waals surface area (Å²) >= 11 is 0. The Morgan fingerprint density at radius 3 is 2.21 bits per heavy atom. The molecular weight excluding hydrogens is 431 g/mol. The maximum absolute atomic E-state index is 10.6. The standard InChI is InChI=1S/C23H21N3.C2HF3O2/c1-2-4-19-12-21(11-18(19)3-1)24-14-16-5-7-17(8-6-16)20-9-10-22-23(13-20)26-15-25-22;3-2(4,5)1(6)7/h1-10,13,15,21,24H,11-12,14H2,(H,25,26);(H,6,7). The lowest BCUT2D eigenvalue weighted by molar-refractivity contribution is -0.192.